The van der Waals surface area contributed by atoms with E-state index in [2.05, 4.69) is 4.98 Å². The molecular weight excluding hydrogens is 207 g/mol. The average Bonchev–Trinajstić information content (AvgIpc) is 2.15. The maximum atomic E-state index is 12.5. The molecule has 0 amide bonds. The first-order valence-electron chi connectivity index (χ1n) is 4.47. The molecule has 0 saturated heterocycles. The minimum Gasteiger partial charge on any atom is -0.481 e. The second-order valence-electron chi connectivity index (χ2n) is 3.48. The molecule has 1 heterocycles. The molecule has 2 nitrogen and oxygen atoms in total. The van der Waals surface area contributed by atoms with E-state index in [1.165, 1.54) is 7.11 Å². The van der Waals surface area contributed by atoms with E-state index in [1.54, 1.807) is 13.8 Å². The van der Waals surface area contributed by atoms with Crippen LogP contribution in [0.15, 0.2) is 12.1 Å². The Morgan fingerprint density at radius 3 is 2.27 bits per heavy atom. The minimum atomic E-state index is -4.36. The summed E-state index contributed by atoms with van der Waals surface area (Å²) in [7, 11) is 1.30. The van der Waals surface area contributed by atoms with Gasteiger partial charge in [0.1, 0.15) is 0 Å². The molecule has 1 aromatic heterocycles. The van der Waals surface area contributed by atoms with Crippen molar-refractivity contribution in [3.8, 4) is 5.88 Å². The van der Waals surface area contributed by atoms with Crippen LogP contribution in [0.1, 0.15) is 31.0 Å². The molecule has 0 aliphatic heterocycles. The Balaban J connectivity index is 3.23. The van der Waals surface area contributed by atoms with Crippen LogP contribution >= 0.6 is 0 Å². The van der Waals surface area contributed by atoms with E-state index in [1.807, 2.05) is 0 Å². The van der Waals surface area contributed by atoms with Crippen molar-refractivity contribution in [1.82, 2.24) is 4.98 Å². The number of hydrogen-bond acceptors (Lipinski definition) is 2. The first-order valence-corrected chi connectivity index (χ1v) is 4.47. The van der Waals surface area contributed by atoms with Crippen LogP contribution in [0.25, 0.3) is 0 Å². The largest absolute Gasteiger partial charge is 0.481 e. The van der Waals surface area contributed by atoms with Gasteiger partial charge < -0.3 is 4.74 Å². The van der Waals surface area contributed by atoms with Gasteiger partial charge in [-0.3, -0.25) is 0 Å². The molecule has 0 saturated carbocycles. The van der Waals surface area contributed by atoms with Gasteiger partial charge in [0.05, 0.1) is 12.7 Å². The summed E-state index contributed by atoms with van der Waals surface area (Å²) in [6.45, 7) is 3.56. The molecule has 0 unspecified atom stereocenters. The van der Waals surface area contributed by atoms with Crippen molar-refractivity contribution < 1.29 is 17.9 Å². The highest BCUT2D eigenvalue weighted by Gasteiger charge is 2.32. The van der Waals surface area contributed by atoms with Gasteiger partial charge in [0, 0.05) is 11.8 Å². The number of aromatic nitrogens is 1. The van der Waals surface area contributed by atoms with Gasteiger partial charge in [-0.1, -0.05) is 13.8 Å². The number of methoxy groups -OCH3 is 1. The number of nitrogens with zero attached hydrogens (tertiary/aromatic N) is 1. The molecule has 0 fully saturated rings. The number of pyridine rings is 1. The summed E-state index contributed by atoms with van der Waals surface area (Å²) in [5.41, 5.74) is -0.347. The highest BCUT2D eigenvalue weighted by molar-refractivity contribution is 5.28. The van der Waals surface area contributed by atoms with E-state index in [9.17, 15) is 13.2 Å². The predicted octanol–water partition coefficient (Wildman–Crippen LogP) is 3.23. The third kappa shape index (κ3) is 2.84. The van der Waals surface area contributed by atoms with Crippen LogP contribution in [0.3, 0.4) is 0 Å². The third-order valence-corrected chi connectivity index (χ3v) is 1.95. The zero-order valence-electron chi connectivity index (χ0n) is 8.72. The Kier molecular flexibility index (Phi) is 3.21. The molecule has 5 heteroatoms. The zero-order valence-corrected chi connectivity index (χ0v) is 8.72. The van der Waals surface area contributed by atoms with Gasteiger partial charge in [0.25, 0.3) is 0 Å². The van der Waals surface area contributed by atoms with E-state index < -0.39 is 11.7 Å². The first kappa shape index (κ1) is 11.8. The molecule has 1 aromatic rings. The van der Waals surface area contributed by atoms with Crippen LogP contribution in [0.4, 0.5) is 13.2 Å². The molecule has 0 aliphatic carbocycles. The van der Waals surface area contributed by atoms with Gasteiger partial charge >= 0.3 is 6.18 Å². The fourth-order valence-corrected chi connectivity index (χ4v) is 1.09. The number of hydrogen-bond donors (Lipinski definition) is 0. The second-order valence-corrected chi connectivity index (χ2v) is 3.48. The van der Waals surface area contributed by atoms with Gasteiger partial charge in [-0.15, -0.1) is 0 Å². The van der Waals surface area contributed by atoms with Crippen LogP contribution < -0.4 is 4.74 Å². The zero-order chi connectivity index (χ0) is 11.6. The highest BCUT2D eigenvalue weighted by atomic mass is 19.4. The standard InChI is InChI=1S/C10H12F3NO/c1-6(2)8-4-7(10(11,12)13)5-9(14-8)15-3/h4-6H,1-3H3. The van der Waals surface area contributed by atoms with Crippen molar-refractivity contribution in [3.63, 3.8) is 0 Å². The molecule has 0 bridgehead atoms. The first-order chi connectivity index (χ1) is 6.84. The van der Waals surface area contributed by atoms with Gasteiger partial charge in [-0.2, -0.15) is 13.2 Å². The average molecular weight is 219 g/mol. The maximum Gasteiger partial charge on any atom is 0.416 e. The van der Waals surface area contributed by atoms with Crippen molar-refractivity contribution in [1.29, 1.82) is 0 Å². The van der Waals surface area contributed by atoms with Crippen LogP contribution in [0, 0.1) is 0 Å². The van der Waals surface area contributed by atoms with E-state index in [0.29, 0.717) is 5.69 Å². The SMILES string of the molecule is COc1cc(C(F)(F)F)cc(C(C)C)n1. The van der Waals surface area contributed by atoms with Gasteiger partial charge in [0.15, 0.2) is 0 Å². The topological polar surface area (TPSA) is 22.1 Å². The van der Waals surface area contributed by atoms with E-state index in [0.717, 1.165) is 12.1 Å². The Bertz CT molecular complexity index is 347. The molecule has 0 N–H and O–H groups in total. The second kappa shape index (κ2) is 4.08. The van der Waals surface area contributed by atoms with Crippen LogP contribution in [-0.4, -0.2) is 12.1 Å². The monoisotopic (exact) mass is 219 g/mol. The molecule has 1 rings (SSSR count). The van der Waals surface area contributed by atoms with Gasteiger partial charge in [-0.05, 0) is 12.0 Å². The summed E-state index contributed by atoms with van der Waals surface area (Å²) >= 11 is 0. The van der Waals surface area contributed by atoms with Crippen LogP contribution in [-0.2, 0) is 6.18 Å². The summed E-state index contributed by atoms with van der Waals surface area (Å²) in [6, 6.07) is 1.94. The Morgan fingerprint density at radius 1 is 1.27 bits per heavy atom. The summed E-state index contributed by atoms with van der Waals surface area (Å²) in [6.07, 6.45) is -4.36. The van der Waals surface area contributed by atoms with Crippen molar-refractivity contribution >= 4 is 0 Å². The lowest BCUT2D eigenvalue weighted by Gasteiger charge is -2.12. The maximum absolute atomic E-state index is 12.5. The molecule has 0 aromatic carbocycles. The Labute approximate surface area is 86.1 Å². The van der Waals surface area contributed by atoms with E-state index >= 15 is 0 Å². The number of alkyl halides is 3. The van der Waals surface area contributed by atoms with Crippen molar-refractivity contribution in [2.45, 2.75) is 25.9 Å². The highest BCUT2D eigenvalue weighted by Crippen LogP contribution is 2.32. The number of rotatable bonds is 2. The molecule has 0 spiro atoms. The quantitative estimate of drug-likeness (QED) is 0.761. The number of halogens is 3. The van der Waals surface area contributed by atoms with E-state index in [4.69, 9.17) is 4.74 Å². The normalized spacial score (nSPS) is 11.9. The summed E-state index contributed by atoms with van der Waals surface area (Å²) in [5, 5.41) is 0. The smallest absolute Gasteiger partial charge is 0.416 e. The third-order valence-electron chi connectivity index (χ3n) is 1.95. The lowest BCUT2D eigenvalue weighted by molar-refractivity contribution is -0.137. The Morgan fingerprint density at radius 2 is 1.87 bits per heavy atom. The lowest BCUT2D eigenvalue weighted by atomic mass is 10.1. The Hall–Kier alpha value is -1.26. The van der Waals surface area contributed by atoms with Crippen molar-refractivity contribution in [2.24, 2.45) is 0 Å². The van der Waals surface area contributed by atoms with Crippen molar-refractivity contribution in [3.05, 3.63) is 23.4 Å². The summed E-state index contributed by atoms with van der Waals surface area (Å²) < 4.78 is 42.1. The molecule has 0 radical (unpaired) electrons. The van der Waals surface area contributed by atoms with Crippen LogP contribution in [0.2, 0.25) is 0 Å². The molecule has 15 heavy (non-hydrogen) atoms. The van der Waals surface area contributed by atoms with E-state index in [-0.39, 0.29) is 11.8 Å². The fourth-order valence-electron chi connectivity index (χ4n) is 1.09. The summed E-state index contributed by atoms with van der Waals surface area (Å²) in [5.74, 6) is -0.0743. The molecular formula is C10H12F3NO. The van der Waals surface area contributed by atoms with Gasteiger partial charge in [0.2, 0.25) is 5.88 Å². The molecule has 0 aliphatic rings. The van der Waals surface area contributed by atoms with Crippen molar-refractivity contribution in [2.75, 3.05) is 7.11 Å². The van der Waals surface area contributed by atoms with Crippen LogP contribution in [0.5, 0.6) is 5.88 Å². The number of ether oxygens (including phenoxy) is 1. The van der Waals surface area contributed by atoms with Gasteiger partial charge in [-0.25, -0.2) is 4.98 Å². The predicted molar refractivity (Wildman–Crippen MR) is 49.9 cm³/mol. The minimum absolute atomic E-state index is 0.00600. The fraction of sp³-hybridized carbons (Fsp3) is 0.500. The molecule has 84 valence electrons. The summed E-state index contributed by atoms with van der Waals surface area (Å²) in [4.78, 5) is 3.94. The molecule has 0 atom stereocenters. The lowest BCUT2D eigenvalue weighted by Crippen LogP contribution is -2.08.